The van der Waals surface area contributed by atoms with Gasteiger partial charge in [0.1, 0.15) is 12.2 Å². The average Bonchev–Trinajstić information content (AvgIpc) is 3.04. The minimum atomic E-state index is -0.130. The van der Waals surface area contributed by atoms with Gasteiger partial charge in [-0.3, -0.25) is 9.59 Å². The number of aromatic nitrogens is 1. The second-order valence-electron chi connectivity index (χ2n) is 5.71. The molecule has 1 N–H and O–H groups in total. The number of aryl methyl sites for hydroxylation is 1. The zero-order valence-electron chi connectivity index (χ0n) is 12.7. The van der Waals surface area contributed by atoms with Crippen LogP contribution in [0, 0.1) is 6.92 Å². The Morgan fingerprint density at radius 1 is 1.23 bits per heavy atom. The van der Waals surface area contributed by atoms with E-state index >= 15 is 0 Å². The number of piperazine rings is 1. The standard InChI is InChI=1S/C17H19N3O2/c1-12-5-7-14(8-6-12)20-10-13(2)19(11-16(20)21)17(22)15-4-3-9-18-15/h3-9,13,18H,10-11H2,1-2H3. The molecule has 0 radical (unpaired) electrons. The van der Waals surface area contributed by atoms with Gasteiger partial charge in [0.2, 0.25) is 5.91 Å². The van der Waals surface area contributed by atoms with Crippen molar-refractivity contribution in [2.24, 2.45) is 0 Å². The summed E-state index contributed by atoms with van der Waals surface area (Å²) in [5, 5.41) is 0. The molecule has 22 heavy (non-hydrogen) atoms. The van der Waals surface area contributed by atoms with Crippen molar-refractivity contribution in [3.8, 4) is 0 Å². The van der Waals surface area contributed by atoms with Crippen molar-refractivity contribution >= 4 is 17.5 Å². The molecule has 5 heteroatoms. The highest BCUT2D eigenvalue weighted by molar-refractivity contribution is 6.01. The topological polar surface area (TPSA) is 56.4 Å². The number of hydrogen-bond donors (Lipinski definition) is 1. The van der Waals surface area contributed by atoms with Gasteiger partial charge in [0.15, 0.2) is 0 Å². The Labute approximate surface area is 129 Å². The molecule has 1 saturated heterocycles. The fourth-order valence-corrected chi connectivity index (χ4v) is 2.72. The molecule has 5 nitrogen and oxygen atoms in total. The van der Waals surface area contributed by atoms with Gasteiger partial charge in [-0.15, -0.1) is 0 Å². The molecule has 0 saturated carbocycles. The third-order valence-electron chi connectivity index (χ3n) is 4.02. The maximum atomic E-state index is 12.4. The Kier molecular flexibility index (Phi) is 3.71. The highest BCUT2D eigenvalue weighted by atomic mass is 16.2. The minimum absolute atomic E-state index is 0.0326. The molecule has 2 heterocycles. The van der Waals surface area contributed by atoms with E-state index in [0.29, 0.717) is 12.2 Å². The van der Waals surface area contributed by atoms with Gasteiger partial charge in [0.05, 0.1) is 0 Å². The van der Waals surface area contributed by atoms with Crippen molar-refractivity contribution in [2.45, 2.75) is 19.9 Å². The van der Waals surface area contributed by atoms with Gasteiger partial charge in [0, 0.05) is 24.5 Å². The zero-order chi connectivity index (χ0) is 15.7. The molecule has 1 aromatic heterocycles. The van der Waals surface area contributed by atoms with Gasteiger partial charge < -0.3 is 14.8 Å². The Morgan fingerprint density at radius 2 is 1.95 bits per heavy atom. The second-order valence-corrected chi connectivity index (χ2v) is 5.71. The number of H-pyrrole nitrogens is 1. The van der Waals surface area contributed by atoms with E-state index in [1.165, 1.54) is 0 Å². The fourth-order valence-electron chi connectivity index (χ4n) is 2.72. The van der Waals surface area contributed by atoms with Crippen LogP contribution in [-0.4, -0.2) is 40.8 Å². The number of hydrogen-bond acceptors (Lipinski definition) is 2. The summed E-state index contributed by atoms with van der Waals surface area (Å²) in [5.41, 5.74) is 2.56. The van der Waals surface area contributed by atoms with Crippen LogP contribution in [0.15, 0.2) is 42.6 Å². The molecule has 1 fully saturated rings. The molecule has 1 unspecified atom stereocenters. The molecule has 1 aromatic carbocycles. The van der Waals surface area contributed by atoms with Crippen LogP contribution in [-0.2, 0) is 4.79 Å². The third kappa shape index (κ3) is 2.62. The first kappa shape index (κ1) is 14.4. The summed E-state index contributed by atoms with van der Waals surface area (Å²) >= 11 is 0. The van der Waals surface area contributed by atoms with E-state index in [-0.39, 0.29) is 24.4 Å². The molecule has 1 aliphatic heterocycles. The maximum Gasteiger partial charge on any atom is 0.271 e. The number of aromatic amines is 1. The fraction of sp³-hybridized carbons (Fsp3) is 0.294. The maximum absolute atomic E-state index is 12.4. The van der Waals surface area contributed by atoms with Gasteiger partial charge in [-0.2, -0.15) is 0 Å². The van der Waals surface area contributed by atoms with Crippen LogP contribution in [0.4, 0.5) is 5.69 Å². The summed E-state index contributed by atoms with van der Waals surface area (Å²) in [6.07, 6.45) is 1.71. The third-order valence-corrected chi connectivity index (χ3v) is 4.02. The van der Waals surface area contributed by atoms with Gasteiger partial charge in [-0.25, -0.2) is 0 Å². The summed E-state index contributed by atoms with van der Waals surface area (Å²) in [7, 11) is 0. The number of anilines is 1. The smallest absolute Gasteiger partial charge is 0.271 e. The predicted octanol–water partition coefficient (Wildman–Crippen LogP) is 2.20. The molecule has 114 valence electrons. The summed E-state index contributed by atoms with van der Waals surface area (Å²) in [5.74, 6) is -0.184. The van der Waals surface area contributed by atoms with Crippen LogP contribution in [0.25, 0.3) is 0 Å². The summed E-state index contributed by atoms with van der Waals surface area (Å²) < 4.78 is 0. The zero-order valence-corrected chi connectivity index (χ0v) is 12.7. The lowest BCUT2D eigenvalue weighted by molar-refractivity contribution is -0.121. The van der Waals surface area contributed by atoms with E-state index in [1.54, 1.807) is 28.1 Å². The lowest BCUT2D eigenvalue weighted by atomic mass is 10.1. The van der Waals surface area contributed by atoms with Gasteiger partial charge in [-0.05, 0) is 38.1 Å². The number of carbonyl (C=O) groups excluding carboxylic acids is 2. The van der Waals surface area contributed by atoms with Crippen molar-refractivity contribution in [1.29, 1.82) is 0 Å². The molecule has 1 aliphatic rings. The van der Waals surface area contributed by atoms with E-state index in [4.69, 9.17) is 0 Å². The number of nitrogens with zero attached hydrogens (tertiary/aromatic N) is 2. The van der Waals surface area contributed by atoms with Gasteiger partial charge >= 0.3 is 0 Å². The lowest BCUT2D eigenvalue weighted by Crippen LogP contribution is -2.57. The van der Waals surface area contributed by atoms with E-state index in [1.807, 2.05) is 38.1 Å². The summed E-state index contributed by atoms with van der Waals surface area (Å²) in [4.78, 5) is 31.1. The first-order chi connectivity index (χ1) is 10.6. The van der Waals surface area contributed by atoms with E-state index in [0.717, 1.165) is 11.3 Å². The average molecular weight is 297 g/mol. The molecular weight excluding hydrogens is 278 g/mol. The van der Waals surface area contributed by atoms with Crippen molar-refractivity contribution in [3.63, 3.8) is 0 Å². The van der Waals surface area contributed by atoms with Gasteiger partial charge in [-0.1, -0.05) is 17.7 Å². The monoisotopic (exact) mass is 297 g/mol. The van der Waals surface area contributed by atoms with Crippen LogP contribution in [0.1, 0.15) is 23.0 Å². The Morgan fingerprint density at radius 3 is 2.59 bits per heavy atom. The SMILES string of the molecule is Cc1ccc(N2CC(C)N(C(=O)c3ccc[nH]3)CC2=O)cc1. The molecule has 0 spiro atoms. The Balaban J connectivity index is 1.78. The minimum Gasteiger partial charge on any atom is -0.357 e. The van der Waals surface area contributed by atoms with Crippen LogP contribution >= 0.6 is 0 Å². The van der Waals surface area contributed by atoms with E-state index in [9.17, 15) is 9.59 Å². The predicted molar refractivity (Wildman–Crippen MR) is 84.8 cm³/mol. The molecule has 2 amide bonds. The van der Waals surface area contributed by atoms with Crippen molar-refractivity contribution in [2.75, 3.05) is 18.0 Å². The molecule has 3 rings (SSSR count). The largest absolute Gasteiger partial charge is 0.357 e. The molecule has 0 bridgehead atoms. The van der Waals surface area contributed by atoms with Crippen molar-refractivity contribution in [3.05, 3.63) is 53.9 Å². The Hall–Kier alpha value is -2.56. The Bertz CT molecular complexity index is 676. The number of amides is 2. The molecule has 1 atom stereocenters. The van der Waals surface area contributed by atoms with Crippen molar-refractivity contribution < 1.29 is 9.59 Å². The number of benzene rings is 1. The van der Waals surface area contributed by atoms with Gasteiger partial charge in [0.25, 0.3) is 5.91 Å². The number of carbonyl (C=O) groups is 2. The molecular formula is C17H19N3O2. The summed E-state index contributed by atoms with van der Waals surface area (Å²) in [6.45, 7) is 4.59. The lowest BCUT2D eigenvalue weighted by Gasteiger charge is -2.39. The van der Waals surface area contributed by atoms with Crippen LogP contribution in [0.3, 0.4) is 0 Å². The first-order valence-electron chi connectivity index (χ1n) is 7.37. The van der Waals surface area contributed by atoms with Crippen LogP contribution < -0.4 is 4.90 Å². The molecule has 2 aromatic rings. The highest BCUT2D eigenvalue weighted by Crippen LogP contribution is 2.21. The van der Waals surface area contributed by atoms with Crippen LogP contribution in [0.5, 0.6) is 0 Å². The first-order valence-corrected chi connectivity index (χ1v) is 7.37. The highest BCUT2D eigenvalue weighted by Gasteiger charge is 2.33. The van der Waals surface area contributed by atoms with E-state index in [2.05, 4.69) is 4.98 Å². The number of nitrogens with one attached hydrogen (secondary N) is 1. The summed E-state index contributed by atoms with van der Waals surface area (Å²) in [6, 6.07) is 11.3. The normalized spacial score (nSPS) is 18.6. The quantitative estimate of drug-likeness (QED) is 0.924. The molecule has 0 aliphatic carbocycles. The van der Waals surface area contributed by atoms with Crippen LogP contribution in [0.2, 0.25) is 0 Å². The second kappa shape index (κ2) is 5.67. The van der Waals surface area contributed by atoms with E-state index < -0.39 is 0 Å². The van der Waals surface area contributed by atoms with Crippen molar-refractivity contribution in [1.82, 2.24) is 9.88 Å². The number of rotatable bonds is 2.